The Morgan fingerprint density at radius 2 is 2.00 bits per heavy atom. The molecule has 1 aromatic heterocycles. The van der Waals surface area contributed by atoms with Gasteiger partial charge in [0.15, 0.2) is 0 Å². The van der Waals surface area contributed by atoms with Crippen molar-refractivity contribution in [3.05, 3.63) is 48.2 Å². The van der Waals surface area contributed by atoms with Crippen LogP contribution in [0.3, 0.4) is 0 Å². The van der Waals surface area contributed by atoms with Crippen LogP contribution < -0.4 is 5.32 Å². The third-order valence-electron chi connectivity index (χ3n) is 2.62. The molecule has 0 bridgehead atoms. The summed E-state index contributed by atoms with van der Waals surface area (Å²) in [6, 6.07) is 11.4. The molecule has 3 nitrogen and oxygen atoms in total. The fraction of sp³-hybridized carbons (Fsp3) is 0.267. The number of phenolic OH excluding ortho intramolecular Hbond substituents is 1. The lowest BCUT2D eigenvalue weighted by atomic mass is 10.3. The van der Waals surface area contributed by atoms with Crippen molar-refractivity contribution >= 4 is 17.6 Å². The fourth-order valence-corrected chi connectivity index (χ4v) is 2.46. The number of nitrogens with zero attached hydrogens (tertiary/aromatic N) is 1. The van der Waals surface area contributed by atoms with Gasteiger partial charge in [0.25, 0.3) is 0 Å². The molecule has 2 N–H and O–H groups in total. The smallest absolute Gasteiger partial charge is 0.126 e. The van der Waals surface area contributed by atoms with E-state index in [1.807, 2.05) is 24.4 Å². The monoisotopic (exact) mass is 274 g/mol. The highest BCUT2D eigenvalue weighted by Crippen LogP contribution is 2.24. The molecule has 0 aliphatic heterocycles. The first-order chi connectivity index (χ1) is 9.28. The molecular weight excluding hydrogens is 256 g/mol. The lowest BCUT2D eigenvalue weighted by Gasteiger charge is -2.06. The average Bonchev–Trinajstić information content (AvgIpc) is 2.45. The van der Waals surface area contributed by atoms with Crippen LogP contribution >= 0.6 is 11.8 Å². The Bertz CT molecular complexity index is 514. The number of aromatic hydroxyl groups is 1. The molecule has 1 heterocycles. The number of hydrogen-bond acceptors (Lipinski definition) is 4. The maximum Gasteiger partial charge on any atom is 0.126 e. The van der Waals surface area contributed by atoms with E-state index in [2.05, 4.69) is 23.3 Å². The van der Waals surface area contributed by atoms with E-state index >= 15 is 0 Å². The van der Waals surface area contributed by atoms with Gasteiger partial charge in [-0.15, -0.1) is 11.8 Å². The van der Waals surface area contributed by atoms with E-state index in [1.54, 1.807) is 23.9 Å². The van der Waals surface area contributed by atoms with Gasteiger partial charge in [0.1, 0.15) is 11.6 Å². The van der Waals surface area contributed by atoms with Gasteiger partial charge < -0.3 is 10.4 Å². The second kappa shape index (κ2) is 7.04. The molecule has 19 heavy (non-hydrogen) atoms. The van der Waals surface area contributed by atoms with Gasteiger partial charge in [0.2, 0.25) is 0 Å². The topological polar surface area (TPSA) is 45.1 Å². The fourth-order valence-electron chi connectivity index (χ4n) is 1.62. The summed E-state index contributed by atoms with van der Waals surface area (Å²) in [7, 11) is 0. The van der Waals surface area contributed by atoms with Gasteiger partial charge in [-0.3, -0.25) is 0 Å². The van der Waals surface area contributed by atoms with Gasteiger partial charge >= 0.3 is 0 Å². The van der Waals surface area contributed by atoms with Crippen LogP contribution in [-0.2, 0) is 5.75 Å². The number of rotatable bonds is 6. The molecule has 100 valence electrons. The zero-order valence-corrected chi connectivity index (χ0v) is 11.8. The van der Waals surface area contributed by atoms with Crippen LogP contribution in [0.2, 0.25) is 0 Å². The molecule has 0 unspecified atom stereocenters. The predicted molar refractivity (Wildman–Crippen MR) is 80.7 cm³/mol. The molecule has 0 aliphatic rings. The first-order valence-corrected chi connectivity index (χ1v) is 7.37. The van der Waals surface area contributed by atoms with Gasteiger partial charge in [-0.25, -0.2) is 4.98 Å². The SMILES string of the molecule is CCCNc1cc(CSc2ccc(O)cc2)ccn1. The molecule has 4 heteroatoms. The second-order valence-electron chi connectivity index (χ2n) is 4.26. The van der Waals surface area contributed by atoms with E-state index in [4.69, 9.17) is 0 Å². The number of phenols is 1. The van der Waals surface area contributed by atoms with Crippen molar-refractivity contribution in [2.24, 2.45) is 0 Å². The van der Waals surface area contributed by atoms with Crippen LogP contribution in [0.1, 0.15) is 18.9 Å². The summed E-state index contributed by atoms with van der Waals surface area (Å²) in [5.41, 5.74) is 1.24. The number of nitrogens with one attached hydrogen (secondary N) is 1. The van der Waals surface area contributed by atoms with Crippen molar-refractivity contribution in [2.45, 2.75) is 24.0 Å². The molecule has 0 radical (unpaired) electrons. The summed E-state index contributed by atoms with van der Waals surface area (Å²) in [6.45, 7) is 3.08. The average molecular weight is 274 g/mol. The molecule has 0 saturated heterocycles. The molecule has 1 aromatic carbocycles. The minimum atomic E-state index is 0.305. The quantitative estimate of drug-likeness (QED) is 0.784. The maximum atomic E-state index is 9.23. The van der Waals surface area contributed by atoms with E-state index in [0.29, 0.717) is 5.75 Å². The summed E-state index contributed by atoms with van der Waals surface area (Å²) < 4.78 is 0. The molecule has 0 atom stereocenters. The Morgan fingerprint density at radius 1 is 1.21 bits per heavy atom. The predicted octanol–water partition coefficient (Wildman–Crippen LogP) is 3.90. The lowest BCUT2D eigenvalue weighted by Crippen LogP contribution is -2.01. The normalized spacial score (nSPS) is 10.4. The highest BCUT2D eigenvalue weighted by atomic mass is 32.2. The zero-order valence-electron chi connectivity index (χ0n) is 11.0. The molecule has 2 aromatic rings. The minimum absolute atomic E-state index is 0.305. The number of hydrogen-bond donors (Lipinski definition) is 2. The van der Waals surface area contributed by atoms with Crippen LogP contribution in [0.25, 0.3) is 0 Å². The molecule has 0 saturated carbocycles. The number of anilines is 1. The van der Waals surface area contributed by atoms with Gasteiger partial charge in [-0.05, 0) is 48.4 Å². The van der Waals surface area contributed by atoms with Crippen LogP contribution in [0.5, 0.6) is 5.75 Å². The Kier molecular flexibility index (Phi) is 5.10. The Labute approximate surface area is 118 Å². The van der Waals surface area contributed by atoms with Gasteiger partial charge in [-0.2, -0.15) is 0 Å². The molecule has 2 rings (SSSR count). The molecule has 0 fully saturated rings. The van der Waals surface area contributed by atoms with E-state index in [1.165, 1.54) is 5.56 Å². The number of pyridine rings is 1. The third kappa shape index (κ3) is 4.48. The number of aromatic nitrogens is 1. The van der Waals surface area contributed by atoms with Crippen molar-refractivity contribution in [1.29, 1.82) is 0 Å². The number of benzene rings is 1. The summed E-state index contributed by atoms with van der Waals surface area (Å²) in [5, 5.41) is 12.5. The highest BCUT2D eigenvalue weighted by Gasteiger charge is 1.99. The van der Waals surface area contributed by atoms with Crippen molar-refractivity contribution in [2.75, 3.05) is 11.9 Å². The zero-order chi connectivity index (χ0) is 13.5. The third-order valence-corrected chi connectivity index (χ3v) is 3.71. The first-order valence-electron chi connectivity index (χ1n) is 6.38. The van der Waals surface area contributed by atoms with Gasteiger partial charge in [0.05, 0.1) is 0 Å². The molecule has 0 aliphatic carbocycles. The molecule has 0 spiro atoms. The Hall–Kier alpha value is -1.68. The van der Waals surface area contributed by atoms with Crippen molar-refractivity contribution < 1.29 is 5.11 Å². The molecular formula is C15H18N2OS. The minimum Gasteiger partial charge on any atom is -0.508 e. The first kappa shape index (κ1) is 13.7. The molecule has 0 amide bonds. The van der Waals surface area contributed by atoms with E-state index < -0.39 is 0 Å². The van der Waals surface area contributed by atoms with E-state index in [0.717, 1.165) is 29.4 Å². The van der Waals surface area contributed by atoms with E-state index in [9.17, 15) is 5.11 Å². The summed E-state index contributed by atoms with van der Waals surface area (Å²) >= 11 is 1.75. The lowest BCUT2D eigenvalue weighted by molar-refractivity contribution is 0.475. The highest BCUT2D eigenvalue weighted by molar-refractivity contribution is 7.98. The van der Waals surface area contributed by atoms with Crippen molar-refractivity contribution in [3.8, 4) is 5.75 Å². The van der Waals surface area contributed by atoms with Gasteiger partial charge in [-0.1, -0.05) is 6.92 Å². The Morgan fingerprint density at radius 3 is 2.74 bits per heavy atom. The standard InChI is InChI=1S/C15H18N2OS/c1-2-8-16-15-10-12(7-9-17-15)11-19-14-5-3-13(18)4-6-14/h3-7,9-10,18H,2,8,11H2,1H3,(H,16,17). The van der Waals surface area contributed by atoms with Crippen LogP contribution in [0.4, 0.5) is 5.82 Å². The van der Waals surface area contributed by atoms with E-state index in [-0.39, 0.29) is 0 Å². The van der Waals surface area contributed by atoms with Crippen LogP contribution in [0.15, 0.2) is 47.5 Å². The summed E-state index contributed by atoms with van der Waals surface area (Å²) in [6.07, 6.45) is 2.93. The number of thioether (sulfide) groups is 1. The summed E-state index contributed by atoms with van der Waals surface area (Å²) in [5.74, 6) is 2.14. The second-order valence-corrected chi connectivity index (χ2v) is 5.31. The Balaban J connectivity index is 1.93. The summed E-state index contributed by atoms with van der Waals surface area (Å²) in [4.78, 5) is 5.44. The maximum absolute atomic E-state index is 9.23. The van der Waals surface area contributed by atoms with Crippen LogP contribution in [-0.4, -0.2) is 16.6 Å². The largest absolute Gasteiger partial charge is 0.508 e. The van der Waals surface area contributed by atoms with Crippen molar-refractivity contribution in [1.82, 2.24) is 4.98 Å². The van der Waals surface area contributed by atoms with Gasteiger partial charge in [0, 0.05) is 23.4 Å². The van der Waals surface area contributed by atoms with Crippen LogP contribution in [0, 0.1) is 0 Å². The van der Waals surface area contributed by atoms with Crippen molar-refractivity contribution in [3.63, 3.8) is 0 Å².